The van der Waals surface area contributed by atoms with Crippen LogP contribution in [0.25, 0.3) is 0 Å². The lowest BCUT2D eigenvalue weighted by Crippen LogP contribution is -2.35. The molecule has 1 saturated heterocycles. The van der Waals surface area contributed by atoms with Crippen LogP contribution in [0.1, 0.15) is 76.8 Å². The van der Waals surface area contributed by atoms with Gasteiger partial charge in [0.25, 0.3) is 11.8 Å². The Balaban J connectivity index is 1.63. The number of hydrogen-bond acceptors (Lipinski definition) is 3. The molecule has 0 bridgehead atoms. The minimum absolute atomic E-state index is 0.119. The number of rotatable bonds is 5. The topological polar surface area (TPSA) is 63.6 Å². The van der Waals surface area contributed by atoms with E-state index >= 15 is 0 Å². The summed E-state index contributed by atoms with van der Waals surface area (Å²) in [4.78, 5) is 28.3. The van der Waals surface area contributed by atoms with Crippen LogP contribution in [0.2, 0.25) is 5.02 Å². The van der Waals surface area contributed by atoms with E-state index in [0.717, 1.165) is 18.9 Å². The minimum Gasteiger partial charge on any atom is -0.373 e. The maximum absolute atomic E-state index is 13.3. The molecule has 0 spiro atoms. The quantitative estimate of drug-likeness (QED) is 0.618. The maximum Gasteiger partial charge on any atom is 0.417 e. The third-order valence-corrected chi connectivity index (χ3v) is 6.93. The van der Waals surface area contributed by atoms with Crippen LogP contribution in [0.5, 0.6) is 0 Å². The molecule has 0 saturated carbocycles. The first-order valence-corrected chi connectivity index (χ1v) is 11.8. The SMILES string of the molecule is CCC(NC(=O)c1cc(C(=O)N2CCCC2C)n2c1COCC2)c1ccc(Cl)c(C(F)(F)F)c1. The van der Waals surface area contributed by atoms with Gasteiger partial charge in [0.05, 0.1) is 41.1 Å². The zero-order chi connectivity index (χ0) is 24.6. The van der Waals surface area contributed by atoms with Crippen LogP contribution < -0.4 is 5.32 Å². The molecule has 2 amide bonds. The summed E-state index contributed by atoms with van der Waals surface area (Å²) in [6.07, 6.45) is -2.35. The summed E-state index contributed by atoms with van der Waals surface area (Å²) < 4.78 is 47.3. The summed E-state index contributed by atoms with van der Waals surface area (Å²) in [6, 6.07) is 4.70. The Kier molecular flexibility index (Phi) is 6.96. The summed E-state index contributed by atoms with van der Waals surface area (Å²) in [5.74, 6) is -0.579. The summed E-state index contributed by atoms with van der Waals surface area (Å²) >= 11 is 5.75. The molecule has 1 fully saturated rings. The first-order chi connectivity index (χ1) is 16.1. The Hall–Kier alpha value is -2.52. The van der Waals surface area contributed by atoms with E-state index in [1.54, 1.807) is 13.0 Å². The number of fused-ring (bicyclic) bond motifs is 1. The van der Waals surface area contributed by atoms with E-state index in [1.807, 2.05) is 16.4 Å². The van der Waals surface area contributed by atoms with Crippen LogP contribution in [-0.4, -0.2) is 40.5 Å². The molecular weight excluding hydrogens is 471 g/mol. The van der Waals surface area contributed by atoms with Gasteiger partial charge in [-0.2, -0.15) is 13.2 Å². The molecule has 34 heavy (non-hydrogen) atoms. The third-order valence-electron chi connectivity index (χ3n) is 6.60. The number of benzene rings is 1. The number of amides is 2. The van der Waals surface area contributed by atoms with Gasteiger partial charge in [0.1, 0.15) is 5.69 Å². The fraction of sp³-hybridized carbons (Fsp3) is 0.500. The molecule has 10 heteroatoms. The summed E-state index contributed by atoms with van der Waals surface area (Å²) in [5, 5.41) is 2.44. The highest BCUT2D eigenvalue weighted by atomic mass is 35.5. The van der Waals surface area contributed by atoms with Crippen LogP contribution in [-0.2, 0) is 24.1 Å². The molecule has 6 nitrogen and oxygen atoms in total. The Bertz CT molecular complexity index is 1100. The van der Waals surface area contributed by atoms with Gasteiger partial charge < -0.3 is 19.5 Å². The van der Waals surface area contributed by atoms with Crippen LogP contribution >= 0.6 is 11.6 Å². The van der Waals surface area contributed by atoms with Crippen molar-refractivity contribution in [1.82, 2.24) is 14.8 Å². The molecule has 2 aliphatic heterocycles. The van der Waals surface area contributed by atoms with Crippen molar-refractivity contribution in [3.63, 3.8) is 0 Å². The van der Waals surface area contributed by atoms with E-state index in [-0.39, 0.29) is 18.6 Å². The Morgan fingerprint density at radius 3 is 2.68 bits per heavy atom. The van der Waals surface area contributed by atoms with Gasteiger partial charge in [-0.25, -0.2) is 0 Å². The van der Waals surface area contributed by atoms with Crippen molar-refractivity contribution in [2.24, 2.45) is 0 Å². The minimum atomic E-state index is -4.60. The Morgan fingerprint density at radius 2 is 2.03 bits per heavy atom. The highest BCUT2D eigenvalue weighted by Gasteiger charge is 2.35. The molecule has 2 aromatic rings. The molecule has 2 aliphatic rings. The molecule has 3 heterocycles. The van der Waals surface area contributed by atoms with Gasteiger partial charge in [-0.3, -0.25) is 9.59 Å². The third kappa shape index (κ3) is 4.68. The lowest BCUT2D eigenvalue weighted by molar-refractivity contribution is -0.137. The standard InChI is InChI=1S/C24H27ClF3N3O3/c1-3-19(15-6-7-18(25)17(11-15)24(26,27)28)29-22(32)16-12-20(31-9-10-34-13-21(16)31)23(33)30-8-4-5-14(30)2/h6-7,11-12,14,19H,3-5,8-10,13H2,1-2H3,(H,29,32). The average Bonchev–Trinajstić information content (AvgIpc) is 3.40. The number of nitrogens with zero attached hydrogens (tertiary/aromatic N) is 2. The normalized spacial score (nSPS) is 19.1. The van der Waals surface area contributed by atoms with E-state index in [0.29, 0.717) is 48.6 Å². The second kappa shape index (κ2) is 9.62. The van der Waals surface area contributed by atoms with Crippen molar-refractivity contribution in [3.05, 3.63) is 57.4 Å². The van der Waals surface area contributed by atoms with Crippen LogP contribution in [0, 0.1) is 0 Å². The summed E-state index contributed by atoms with van der Waals surface area (Å²) in [7, 11) is 0. The van der Waals surface area contributed by atoms with Crippen LogP contribution in [0.4, 0.5) is 13.2 Å². The van der Waals surface area contributed by atoms with E-state index in [4.69, 9.17) is 16.3 Å². The molecule has 1 N–H and O–H groups in total. The second-order valence-electron chi connectivity index (χ2n) is 8.76. The predicted octanol–water partition coefficient (Wildman–Crippen LogP) is 5.20. The van der Waals surface area contributed by atoms with E-state index < -0.39 is 28.7 Å². The zero-order valence-corrected chi connectivity index (χ0v) is 19.8. The lowest BCUT2D eigenvalue weighted by Gasteiger charge is -2.24. The van der Waals surface area contributed by atoms with Gasteiger partial charge in [-0.05, 0) is 49.9 Å². The molecular formula is C24H27ClF3N3O3. The lowest BCUT2D eigenvalue weighted by atomic mass is 10.0. The van der Waals surface area contributed by atoms with E-state index in [9.17, 15) is 22.8 Å². The fourth-order valence-electron chi connectivity index (χ4n) is 4.71. The summed E-state index contributed by atoms with van der Waals surface area (Å²) in [6.45, 7) is 5.52. The monoisotopic (exact) mass is 497 g/mol. The summed E-state index contributed by atoms with van der Waals surface area (Å²) in [5.41, 5.74) is 0.705. The molecule has 184 valence electrons. The van der Waals surface area contributed by atoms with Gasteiger partial charge in [-0.1, -0.05) is 24.6 Å². The number of nitrogens with one attached hydrogen (secondary N) is 1. The number of carbonyl (C=O) groups is 2. The van der Waals surface area contributed by atoms with E-state index in [2.05, 4.69) is 5.32 Å². The molecule has 2 unspecified atom stereocenters. The van der Waals surface area contributed by atoms with Gasteiger partial charge in [-0.15, -0.1) is 0 Å². The molecule has 1 aromatic carbocycles. The first kappa shape index (κ1) is 24.6. The molecule has 2 atom stereocenters. The molecule has 0 radical (unpaired) electrons. The van der Waals surface area contributed by atoms with Crippen molar-refractivity contribution in [2.75, 3.05) is 13.2 Å². The van der Waals surface area contributed by atoms with Crippen LogP contribution in [0.3, 0.4) is 0 Å². The van der Waals surface area contributed by atoms with Crippen molar-refractivity contribution >= 4 is 23.4 Å². The predicted molar refractivity (Wildman–Crippen MR) is 121 cm³/mol. The first-order valence-electron chi connectivity index (χ1n) is 11.4. The largest absolute Gasteiger partial charge is 0.417 e. The number of likely N-dealkylation sites (tertiary alicyclic amines) is 1. The van der Waals surface area contributed by atoms with Gasteiger partial charge in [0.15, 0.2) is 0 Å². The highest BCUT2D eigenvalue weighted by Crippen LogP contribution is 2.36. The second-order valence-corrected chi connectivity index (χ2v) is 9.16. The van der Waals surface area contributed by atoms with Crippen molar-refractivity contribution in [1.29, 1.82) is 0 Å². The van der Waals surface area contributed by atoms with Crippen molar-refractivity contribution in [2.45, 2.75) is 64.5 Å². The van der Waals surface area contributed by atoms with Crippen LogP contribution in [0.15, 0.2) is 24.3 Å². The maximum atomic E-state index is 13.3. The fourth-order valence-corrected chi connectivity index (χ4v) is 4.94. The highest BCUT2D eigenvalue weighted by molar-refractivity contribution is 6.31. The average molecular weight is 498 g/mol. The number of carbonyl (C=O) groups excluding carboxylic acids is 2. The Labute approximate surface area is 201 Å². The van der Waals surface area contributed by atoms with Gasteiger partial charge >= 0.3 is 6.18 Å². The van der Waals surface area contributed by atoms with E-state index in [1.165, 1.54) is 12.1 Å². The molecule has 4 rings (SSSR count). The number of hydrogen-bond donors (Lipinski definition) is 1. The number of aromatic nitrogens is 1. The van der Waals surface area contributed by atoms with Gasteiger partial charge in [0.2, 0.25) is 0 Å². The number of ether oxygens (including phenoxy) is 1. The van der Waals surface area contributed by atoms with Gasteiger partial charge in [0, 0.05) is 19.1 Å². The van der Waals surface area contributed by atoms with Crippen molar-refractivity contribution < 1.29 is 27.5 Å². The molecule has 0 aliphatic carbocycles. The number of halogens is 4. The van der Waals surface area contributed by atoms with Crippen molar-refractivity contribution in [3.8, 4) is 0 Å². The zero-order valence-electron chi connectivity index (χ0n) is 19.0. The smallest absolute Gasteiger partial charge is 0.373 e. The molecule has 1 aromatic heterocycles. The Morgan fingerprint density at radius 1 is 1.26 bits per heavy atom. The number of alkyl halides is 3.